The van der Waals surface area contributed by atoms with Crippen molar-refractivity contribution in [1.82, 2.24) is 9.55 Å². The molecule has 1 heterocycles. The van der Waals surface area contributed by atoms with Crippen molar-refractivity contribution in [3.05, 3.63) is 29.0 Å². The number of hydrogen-bond acceptors (Lipinski definition) is 1. The highest BCUT2D eigenvalue weighted by molar-refractivity contribution is 6.35. The van der Waals surface area contributed by atoms with Gasteiger partial charge in [-0.2, -0.15) is 0 Å². The quantitative estimate of drug-likeness (QED) is 0.663. The Morgan fingerprint density at radius 1 is 1.30 bits per heavy atom. The van der Waals surface area contributed by atoms with Crippen LogP contribution in [-0.4, -0.2) is 9.55 Å². The summed E-state index contributed by atoms with van der Waals surface area (Å²) in [6.45, 7) is 4.71. The number of halogens is 2. The third-order valence-corrected chi connectivity index (χ3v) is 5.08. The highest BCUT2D eigenvalue weighted by atomic mass is 35.5. The van der Waals surface area contributed by atoms with Gasteiger partial charge >= 0.3 is 0 Å². The Balaban J connectivity index is 2.04. The first-order valence-electron chi connectivity index (χ1n) is 7.23. The van der Waals surface area contributed by atoms with E-state index < -0.39 is 0 Å². The lowest BCUT2D eigenvalue weighted by molar-refractivity contribution is 0.194. The minimum absolute atomic E-state index is 0.435. The van der Waals surface area contributed by atoms with Gasteiger partial charge in [0.15, 0.2) is 0 Å². The van der Waals surface area contributed by atoms with E-state index in [0.717, 1.165) is 16.9 Å². The Kier molecular flexibility index (Phi) is 3.72. The van der Waals surface area contributed by atoms with Crippen LogP contribution < -0.4 is 0 Å². The zero-order valence-corrected chi connectivity index (χ0v) is 13.5. The van der Waals surface area contributed by atoms with Gasteiger partial charge in [-0.15, -0.1) is 11.6 Å². The molecule has 1 fully saturated rings. The van der Waals surface area contributed by atoms with Crippen molar-refractivity contribution >= 4 is 34.2 Å². The number of fused-ring (bicyclic) bond motifs is 1. The van der Waals surface area contributed by atoms with E-state index in [-0.39, 0.29) is 0 Å². The number of alkyl halides is 1. The molecule has 2 nitrogen and oxygen atoms in total. The van der Waals surface area contributed by atoms with Crippen molar-refractivity contribution in [1.29, 1.82) is 0 Å². The standard InChI is InChI=1S/C16H20Cl2N2/c1-16(2)8-6-11(7-9-16)20-13-5-3-4-12(18)15(13)19-14(20)10-17/h3-5,11H,6-10H2,1-2H3. The predicted molar refractivity (Wildman–Crippen MR) is 85.6 cm³/mol. The molecular formula is C16H20Cl2N2. The highest BCUT2D eigenvalue weighted by Crippen LogP contribution is 2.42. The number of benzene rings is 1. The molecule has 0 bridgehead atoms. The molecule has 2 aromatic rings. The minimum Gasteiger partial charge on any atom is -0.324 e. The summed E-state index contributed by atoms with van der Waals surface area (Å²) in [4.78, 5) is 4.64. The van der Waals surface area contributed by atoms with Crippen molar-refractivity contribution < 1.29 is 0 Å². The maximum Gasteiger partial charge on any atom is 0.125 e. The van der Waals surface area contributed by atoms with Crippen LogP contribution in [0.4, 0.5) is 0 Å². The number of nitrogens with zero attached hydrogens (tertiary/aromatic N) is 2. The second-order valence-corrected chi connectivity index (χ2v) is 7.21. The number of hydrogen-bond donors (Lipinski definition) is 0. The second kappa shape index (κ2) is 5.23. The van der Waals surface area contributed by atoms with Gasteiger partial charge in [-0.1, -0.05) is 31.5 Å². The van der Waals surface area contributed by atoms with Gasteiger partial charge in [-0.25, -0.2) is 4.98 Å². The molecule has 0 amide bonds. The van der Waals surface area contributed by atoms with Crippen LogP contribution >= 0.6 is 23.2 Å². The molecule has 1 aliphatic rings. The van der Waals surface area contributed by atoms with E-state index in [9.17, 15) is 0 Å². The zero-order chi connectivity index (χ0) is 14.3. The lowest BCUT2D eigenvalue weighted by Crippen LogP contribution is -2.24. The van der Waals surface area contributed by atoms with Gasteiger partial charge in [0.25, 0.3) is 0 Å². The molecule has 0 radical (unpaired) electrons. The summed E-state index contributed by atoms with van der Waals surface area (Å²) in [6, 6.07) is 6.49. The maximum atomic E-state index is 6.26. The van der Waals surface area contributed by atoms with E-state index in [1.54, 1.807) is 0 Å². The lowest BCUT2D eigenvalue weighted by atomic mass is 9.75. The SMILES string of the molecule is CC1(C)CCC(n2c(CCl)nc3c(Cl)cccc32)CC1. The molecule has 0 saturated heterocycles. The van der Waals surface area contributed by atoms with Gasteiger partial charge in [0.1, 0.15) is 11.3 Å². The van der Waals surface area contributed by atoms with E-state index in [4.69, 9.17) is 23.2 Å². The van der Waals surface area contributed by atoms with Gasteiger partial charge in [-0.05, 0) is 43.2 Å². The van der Waals surface area contributed by atoms with Crippen molar-refractivity contribution in [2.45, 2.75) is 51.5 Å². The van der Waals surface area contributed by atoms with Crippen molar-refractivity contribution in [3.8, 4) is 0 Å². The second-order valence-electron chi connectivity index (χ2n) is 6.53. The van der Waals surface area contributed by atoms with Gasteiger partial charge in [0, 0.05) is 6.04 Å². The number of para-hydroxylation sites is 1. The zero-order valence-electron chi connectivity index (χ0n) is 12.0. The molecule has 0 unspecified atom stereocenters. The molecule has 3 rings (SSSR count). The van der Waals surface area contributed by atoms with E-state index in [1.807, 2.05) is 12.1 Å². The summed E-state index contributed by atoms with van der Waals surface area (Å²) in [5.41, 5.74) is 2.47. The molecule has 0 atom stereocenters. The Labute approximate surface area is 130 Å². The number of rotatable bonds is 2. The van der Waals surface area contributed by atoms with E-state index in [2.05, 4.69) is 29.5 Å². The van der Waals surface area contributed by atoms with E-state index in [0.29, 0.717) is 22.4 Å². The Morgan fingerprint density at radius 2 is 2.00 bits per heavy atom. The molecule has 1 aliphatic carbocycles. The highest BCUT2D eigenvalue weighted by Gasteiger charge is 2.29. The predicted octanol–water partition coefficient (Wildman–Crippen LogP) is 5.57. The molecule has 0 N–H and O–H groups in total. The Morgan fingerprint density at radius 3 is 2.65 bits per heavy atom. The lowest BCUT2D eigenvalue weighted by Gasteiger charge is -2.35. The molecule has 0 aliphatic heterocycles. The summed E-state index contributed by atoms with van der Waals surface area (Å²) >= 11 is 12.4. The van der Waals surface area contributed by atoms with Crippen molar-refractivity contribution in [2.75, 3.05) is 0 Å². The molecule has 108 valence electrons. The van der Waals surface area contributed by atoms with Crippen LogP contribution in [0.3, 0.4) is 0 Å². The van der Waals surface area contributed by atoms with Crippen LogP contribution in [0, 0.1) is 5.41 Å². The minimum atomic E-state index is 0.435. The molecule has 1 aromatic carbocycles. The first kappa shape index (κ1) is 14.2. The summed E-state index contributed by atoms with van der Waals surface area (Å²) in [7, 11) is 0. The van der Waals surface area contributed by atoms with Gasteiger partial charge in [0.05, 0.1) is 16.4 Å². The summed E-state index contributed by atoms with van der Waals surface area (Å²) in [5.74, 6) is 1.38. The van der Waals surface area contributed by atoms with Crippen LogP contribution in [0.2, 0.25) is 5.02 Å². The first-order valence-corrected chi connectivity index (χ1v) is 8.14. The van der Waals surface area contributed by atoms with E-state index in [1.165, 1.54) is 25.7 Å². The average Bonchev–Trinajstić information content (AvgIpc) is 2.79. The van der Waals surface area contributed by atoms with Crippen molar-refractivity contribution in [2.24, 2.45) is 5.41 Å². The van der Waals surface area contributed by atoms with Crippen LogP contribution in [0.1, 0.15) is 51.4 Å². The van der Waals surface area contributed by atoms with Gasteiger partial charge < -0.3 is 4.57 Å². The van der Waals surface area contributed by atoms with Crippen LogP contribution in [0.15, 0.2) is 18.2 Å². The molecule has 4 heteroatoms. The fourth-order valence-corrected chi connectivity index (χ4v) is 3.68. The van der Waals surface area contributed by atoms with Gasteiger partial charge in [-0.3, -0.25) is 0 Å². The summed E-state index contributed by atoms with van der Waals surface area (Å²) in [6.07, 6.45) is 4.88. The topological polar surface area (TPSA) is 17.8 Å². The maximum absolute atomic E-state index is 6.26. The largest absolute Gasteiger partial charge is 0.324 e. The monoisotopic (exact) mass is 310 g/mol. The van der Waals surface area contributed by atoms with Crippen molar-refractivity contribution in [3.63, 3.8) is 0 Å². The number of imidazole rings is 1. The number of aromatic nitrogens is 2. The van der Waals surface area contributed by atoms with Gasteiger partial charge in [0.2, 0.25) is 0 Å². The smallest absolute Gasteiger partial charge is 0.125 e. The fraction of sp³-hybridized carbons (Fsp3) is 0.562. The Hall–Kier alpha value is -0.730. The fourth-order valence-electron chi connectivity index (χ4n) is 3.27. The Bertz CT molecular complexity index is 621. The third-order valence-electron chi connectivity index (χ3n) is 4.54. The first-order chi connectivity index (χ1) is 9.52. The molecule has 1 saturated carbocycles. The molecular weight excluding hydrogens is 291 g/mol. The summed E-state index contributed by atoms with van der Waals surface area (Å²) < 4.78 is 2.32. The molecule has 1 aromatic heterocycles. The van der Waals surface area contributed by atoms with Crippen LogP contribution in [-0.2, 0) is 5.88 Å². The molecule has 20 heavy (non-hydrogen) atoms. The van der Waals surface area contributed by atoms with Crippen LogP contribution in [0.5, 0.6) is 0 Å². The van der Waals surface area contributed by atoms with Crippen LogP contribution in [0.25, 0.3) is 11.0 Å². The molecule has 0 spiro atoms. The third kappa shape index (κ3) is 2.44. The average molecular weight is 311 g/mol. The normalized spacial score (nSPS) is 19.6. The summed E-state index contributed by atoms with van der Waals surface area (Å²) in [5, 5.41) is 0.712. The van der Waals surface area contributed by atoms with E-state index >= 15 is 0 Å².